The van der Waals surface area contributed by atoms with Crippen LogP contribution in [0.15, 0.2) is 4.99 Å². The number of alkyl carbamates (subject to hydrolysis) is 1. The molecule has 1 amide bonds. The fourth-order valence-electron chi connectivity index (χ4n) is 2.11. The van der Waals surface area contributed by atoms with Gasteiger partial charge in [0.15, 0.2) is 5.96 Å². The Hall–Kier alpha value is -1.50. The van der Waals surface area contributed by atoms with Crippen LogP contribution in [0.1, 0.15) is 53.9 Å². The molecule has 1 unspecified atom stereocenters. The Bertz CT molecular complexity index is 393. The fourth-order valence-corrected chi connectivity index (χ4v) is 2.11. The summed E-state index contributed by atoms with van der Waals surface area (Å²) < 4.78 is 5.30. The van der Waals surface area contributed by atoms with Gasteiger partial charge in [-0.05, 0) is 40.8 Å². The SMILES string of the molecule is CCCCC(CNC(=O)OC(C)(C)C)NC(=NC)NCCN(C)CC. The van der Waals surface area contributed by atoms with Gasteiger partial charge in [0.05, 0.1) is 0 Å². The highest BCUT2D eigenvalue weighted by molar-refractivity contribution is 5.80. The molecule has 0 radical (unpaired) electrons. The molecule has 0 aromatic heterocycles. The van der Waals surface area contributed by atoms with Crippen molar-refractivity contribution in [3.63, 3.8) is 0 Å². The number of ether oxygens (including phenoxy) is 1. The van der Waals surface area contributed by atoms with Crippen molar-refractivity contribution >= 4 is 12.1 Å². The van der Waals surface area contributed by atoms with Crippen LogP contribution in [0, 0.1) is 0 Å². The number of likely N-dealkylation sites (N-methyl/N-ethyl adjacent to an activating group) is 1. The molecule has 0 aromatic carbocycles. The summed E-state index contributed by atoms with van der Waals surface area (Å²) in [6, 6.07) is 0.113. The lowest BCUT2D eigenvalue weighted by atomic mass is 10.1. The van der Waals surface area contributed by atoms with Crippen molar-refractivity contribution in [2.24, 2.45) is 4.99 Å². The van der Waals surface area contributed by atoms with E-state index < -0.39 is 5.60 Å². The number of aliphatic imine (C=N–C) groups is 1. The quantitative estimate of drug-likeness (QED) is 0.413. The number of nitrogens with zero attached hydrogens (tertiary/aromatic N) is 2. The van der Waals surface area contributed by atoms with Gasteiger partial charge in [0.2, 0.25) is 0 Å². The Balaban J connectivity index is 4.45. The third kappa shape index (κ3) is 13.5. The summed E-state index contributed by atoms with van der Waals surface area (Å²) in [5.74, 6) is 0.761. The maximum Gasteiger partial charge on any atom is 0.407 e. The lowest BCUT2D eigenvalue weighted by Gasteiger charge is -2.24. The monoisotopic (exact) mass is 357 g/mol. The minimum atomic E-state index is -0.487. The van der Waals surface area contributed by atoms with Crippen molar-refractivity contribution in [1.29, 1.82) is 0 Å². The number of guanidine groups is 1. The van der Waals surface area contributed by atoms with Gasteiger partial charge in [-0.1, -0.05) is 26.7 Å². The Morgan fingerprint density at radius 1 is 1.24 bits per heavy atom. The van der Waals surface area contributed by atoms with Gasteiger partial charge in [0.1, 0.15) is 5.60 Å². The highest BCUT2D eigenvalue weighted by Gasteiger charge is 2.18. The largest absolute Gasteiger partial charge is 0.444 e. The fraction of sp³-hybridized carbons (Fsp3) is 0.889. The smallest absolute Gasteiger partial charge is 0.407 e. The lowest BCUT2D eigenvalue weighted by Crippen LogP contribution is -2.50. The average Bonchev–Trinajstić information content (AvgIpc) is 2.53. The molecule has 1 atom stereocenters. The Morgan fingerprint density at radius 2 is 1.92 bits per heavy atom. The standard InChI is InChI=1S/C18H39N5O2/c1-8-10-11-15(14-21-17(24)25-18(3,4)5)22-16(19-6)20-12-13-23(7)9-2/h15H,8-14H2,1-7H3,(H,21,24)(H2,19,20,22). The molecule has 0 fully saturated rings. The van der Waals surface area contributed by atoms with Crippen LogP contribution in [-0.2, 0) is 4.74 Å². The summed E-state index contributed by atoms with van der Waals surface area (Å²) in [5.41, 5.74) is -0.487. The van der Waals surface area contributed by atoms with Crippen LogP contribution in [0.2, 0.25) is 0 Å². The molecule has 3 N–H and O–H groups in total. The second-order valence-corrected chi connectivity index (χ2v) is 7.26. The molecule has 0 aromatic rings. The molecule has 148 valence electrons. The van der Waals surface area contributed by atoms with Crippen LogP contribution in [0.25, 0.3) is 0 Å². The van der Waals surface area contributed by atoms with E-state index in [0.717, 1.165) is 44.9 Å². The maximum absolute atomic E-state index is 11.9. The maximum atomic E-state index is 11.9. The highest BCUT2D eigenvalue weighted by Crippen LogP contribution is 2.06. The molecule has 0 saturated heterocycles. The molecule has 7 nitrogen and oxygen atoms in total. The summed E-state index contributed by atoms with van der Waals surface area (Å²) in [7, 11) is 3.85. The van der Waals surface area contributed by atoms with Crippen LogP contribution < -0.4 is 16.0 Å². The van der Waals surface area contributed by atoms with E-state index in [4.69, 9.17) is 4.74 Å². The van der Waals surface area contributed by atoms with Crippen molar-refractivity contribution < 1.29 is 9.53 Å². The molecule has 0 aliphatic rings. The van der Waals surface area contributed by atoms with Gasteiger partial charge in [-0.25, -0.2) is 4.79 Å². The van der Waals surface area contributed by atoms with Gasteiger partial charge >= 0.3 is 6.09 Å². The number of nitrogens with one attached hydrogen (secondary N) is 3. The van der Waals surface area contributed by atoms with Gasteiger partial charge < -0.3 is 25.6 Å². The van der Waals surface area contributed by atoms with Gasteiger partial charge in [0.25, 0.3) is 0 Å². The topological polar surface area (TPSA) is 78.0 Å². The molecule has 0 heterocycles. The van der Waals surface area contributed by atoms with E-state index in [2.05, 4.69) is 46.7 Å². The zero-order valence-corrected chi connectivity index (χ0v) is 17.2. The van der Waals surface area contributed by atoms with Crippen LogP contribution >= 0.6 is 0 Å². The first-order valence-corrected chi connectivity index (χ1v) is 9.34. The van der Waals surface area contributed by atoms with Gasteiger partial charge in [-0.2, -0.15) is 0 Å². The predicted octanol–water partition coefficient (Wildman–Crippen LogP) is 2.19. The molecule has 7 heteroatoms. The summed E-state index contributed by atoms with van der Waals surface area (Å²) >= 11 is 0. The summed E-state index contributed by atoms with van der Waals surface area (Å²) in [6.07, 6.45) is 2.77. The van der Waals surface area contributed by atoms with Crippen molar-refractivity contribution in [2.75, 3.05) is 40.3 Å². The number of hydrogen-bond acceptors (Lipinski definition) is 4. The summed E-state index contributed by atoms with van der Waals surface area (Å²) in [5, 5.41) is 9.57. The molecule has 0 spiro atoms. The van der Waals surface area contributed by atoms with Crippen LogP contribution in [-0.4, -0.2) is 68.9 Å². The van der Waals surface area contributed by atoms with Crippen LogP contribution in [0.5, 0.6) is 0 Å². The number of rotatable bonds is 10. The van der Waals surface area contributed by atoms with E-state index in [9.17, 15) is 4.79 Å². The van der Waals surface area contributed by atoms with Crippen molar-refractivity contribution in [1.82, 2.24) is 20.9 Å². The van der Waals surface area contributed by atoms with Gasteiger partial charge in [-0.15, -0.1) is 0 Å². The van der Waals surface area contributed by atoms with Gasteiger partial charge in [-0.3, -0.25) is 4.99 Å². The number of unbranched alkanes of at least 4 members (excludes halogenated alkanes) is 1. The van der Waals surface area contributed by atoms with Crippen LogP contribution in [0.3, 0.4) is 0 Å². The normalized spacial score (nSPS) is 13.5. The first kappa shape index (κ1) is 23.5. The minimum absolute atomic E-state index is 0.113. The van der Waals surface area contributed by atoms with E-state index in [0.29, 0.717) is 6.54 Å². The summed E-state index contributed by atoms with van der Waals surface area (Å²) in [4.78, 5) is 18.4. The molecule has 0 saturated carbocycles. The molecule has 0 aliphatic carbocycles. The molecule has 0 bridgehead atoms. The first-order valence-electron chi connectivity index (χ1n) is 9.34. The molecule has 25 heavy (non-hydrogen) atoms. The average molecular weight is 358 g/mol. The van der Waals surface area contributed by atoms with Crippen molar-refractivity contribution in [3.8, 4) is 0 Å². The third-order valence-corrected chi connectivity index (χ3v) is 3.69. The van der Waals surface area contributed by atoms with Gasteiger partial charge in [0, 0.05) is 32.7 Å². The van der Waals surface area contributed by atoms with E-state index in [1.54, 1.807) is 7.05 Å². The van der Waals surface area contributed by atoms with E-state index in [-0.39, 0.29) is 12.1 Å². The summed E-state index contributed by atoms with van der Waals surface area (Å²) in [6.45, 7) is 13.2. The molecule has 0 aliphatic heterocycles. The number of amides is 1. The Labute approximate surface area is 154 Å². The first-order chi connectivity index (χ1) is 11.7. The predicted molar refractivity (Wildman–Crippen MR) is 105 cm³/mol. The molecule has 0 rings (SSSR count). The minimum Gasteiger partial charge on any atom is -0.444 e. The van der Waals surface area contributed by atoms with Crippen LogP contribution in [0.4, 0.5) is 4.79 Å². The highest BCUT2D eigenvalue weighted by atomic mass is 16.6. The van der Waals surface area contributed by atoms with Crippen molar-refractivity contribution in [3.05, 3.63) is 0 Å². The van der Waals surface area contributed by atoms with E-state index >= 15 is 0 Å². The third-order valence-electron chi connectivity index (χ3n) is 3.69. The second-order valence-electron chi connectivity index (χ2n) is 7.26. The Kier molecular flexibility index (Phi) is 12.0. The van der Waals surface area contributed by atoms with E-state index in [1.165, 1.54) is 0 Å². The number of carbonyl (C=O) groups excluding carboxylic acids is 1. The zero-order chi connectivity index (χ0) is 19.3. The second kappa shape index (κ2) is 12.8. The molecular formula is C18H39N5O2. The van der Waals surface area contributed by atoms with E-state index in [1.807, 2.05) is 20.8 Å². The number of hydrogen-bond donors (Lipinski definition) is 3. The Morgan fingerprint density at radius 3 is 2.44 bits per heavy atom. The molecular weight excluding hydrogens is 318 g/mol. The lowest BCUT2D eigenvalue weighted by molar-refractivity contribution is 0.0523. The van der Waals surface area contributed by atoms with Crippen molar-refractivity contribution in [2.45, 2.75) is 65.5 Å². The number of carbonyl (C=O) groups is 1. The zero-order valence-electron chi connectivity index (χ0n) is 17.2.